The molecule has 5 rings (SSSR count). The van der Waals surface area contributed by atoms with Crippen molar-refractivity contribution in [1.29, 1.82) is 0 Å². The van der Waals surface area contributed by atoms with Crippen molar-refractivity contribution < 1.29 is 9.53 Å². The number of hydrogen-bond acceptors (Lipinski definition) is 4. The van der Waals surface area contributed by atoms with E-state index in [1.807, 2.05) is 30.3 Å². The summed E-state index contributed by atoms with van der Waals surface area (Å²) in [5.41, 5.74) is 0.748. The number of rotatable bonds is 6. The van der Waals surface area contributed by atoms with Crippen LogP contribution in [-0.4, -0.2) is 47.5 Å². The SMILES string of the molecule is O=C(N[C@H]1C[C@H]2CNC[C@H]2C[C@@H]1OCC1CC1)c1cc(=O)n(-c2ccccc2)[nH]1. The zero-order valence-corrected chi connectivity index (χ0v) is 16.5. The summed E-state index contributed by atoms with van der Waals surface area (Å²) in [7, 11) is 0. The summed E-state index contributed by atoms with van der Waals surface area (Å²) in [6.45, 7) is 2.85. The van der Waals surface area contributed by atoms with Gasteiger partial charge in [-0.1, -0.05) is 18.2 Å². The van der Waals surface area contributed by atoms with Crippen molar-refractivity contribution in [3.8, 4) is 5.69 Å². The number of H-pyrrole nitrogens is 1. The van der Waals surface area contributed by atoms with Crippen molar-refractivity contribution in [2.75, 3.05) is 19.7 Å². The molecule has 1 aromatic heterocycles. The summed E-state index contributed by atoms with van der Waals surface area (Å²) in [6, 6.07) is 10.6. The maximum absolute atomic E-state index is 12.9. The van der Waals surface area contributed by atoms with Crippen molar-refractivity contribution >= 4 is 5.91 Å². The molecule has 4 atom stereocenters. The highest BCUT2D eigenvalue weighted by molar-refractivity contribution is 5.92. The number of benzene rings is 1. The number of aromatic amines is 1. The van der Waals surface area contributed by atoms with Gasteiger partial charge in [-0.05, 0) is 68.7 Å². The first kappa shape index (κ1) is 18.6. The van der Waals surface area contributed by atoms with Crippen molar-refractivity contribution in [2.24, 2.45) is 17.8 Å². The summed E-state index contributed by atoms with van der Waals surface area (Å²) in [4.78, 5) is 25.3. The van der Waals surface area contributed by atoms with Crippen LogP contribution in [0.2, 0.25) is 0 Å². The minimum absolute atomic E-state index is 0.0222. The summed E-state index contributed by atoms with van der Waals surface area (Å²) in [6.07, 6.45) is 4.46. The van der Waals surface area contributed by atoms with E-state index in [0.717, 1.165) is 32.5 Å². The lowest BCUT2D eigenvalue weighted by Gasteiger charge is -2.38. The summed E-state index contributed by atoms with van der Waals surface area (Å²) in [5, 5.41) is 9.58. The van der Waals surface area contributed by atoms with Crippen LogP contribution >= 0.6 is 0 Å². The van der Waals surface area contributed by atoms with Crippen LogP contribution in [0, 0.1) is 17.8 Å². The fourth-order valence-corrected chi connectivity index (χ4v) is 4.69. The van der Waals surface area contributed by atoms with Crippen LogP contribution in [0.5, 0.6) is 0 Å². The van der Waals surface area contributed by atoms with E-state index in [1.165, 1.54) is 23.6 Å². The zero-order chi connectivity index (χ0) is 19.8. The number of ether oxygens (including phenoxy) is 1. The monoisotopic (exact) mass is 396 g/mol. The molecule has 1 amide bonds. The molecule has 7 nitrogen and oxygen atoms in total. The molecule has 0 radical (unpaired) electrons. The number of hydrogen-bond donors (Lipinski definition) is 3. The Labute approximate surface area is 169 Å². The second-order valence-electron chi connectivity index (χ2n) is 8.72. The van der Waals surface area contributed by atoms with E-state index in [2.05, 4.69) is 15.7 Å². The molecule has 0 unspecified atom stereocenters. The third kappa shape index (κ3) is 4.02. The Morgan fingerprint density at radius 3 is 2.66 bits per heavy atom. The van der Waals surface area contributed by atoms with E-state index in [4.69, 9.17) is 4.74 Å². The average molecular weight is 396 g/mol. The number of aromatic nitrogens is 2. The number of nitrogens with zero attached hydrogens (tertiary/aromatic N) is 1. The number of nitrogens with one attached hydrogen (secondary N) is 3. The van der Waals surface area contributed by atoms with Crippen molar-refractivity contribution in [2.45, 2.75) is 37.8 Å². The summed E-state index contributed by atoms with van der Waals surface area (Å²) >= 11 is 0. The van der Waals surface area contributed by atoms with E-state index in [-0.39, 0.29) is 29.3 Å². The van der Waals surface area contributed by atoms with Crippen LogP contribution in [0.4, 0.5) is 0 Å². The van der Waals surface area contributed by atoms with Gasteiger partial charge in [-0.15, -0.1) is 0 Å². The van der Waals surface area contributed by atoms with Gasteiger partial charge in [0.15, 0.2) is 0 Å². The highest BCUT2D eigenvalue weighted by Gasteiger charge is 2.41. The molecule has 1 aliphatic heterocycles. The van der Waals surface area contributed by atoms with Gasteiger partial charge in [-0.2, -0.15) is 0 Å². The smallest absolute Gasteiger partial charge is 0.271 e. The molecule has 0 bridgehead atoms. The first-order valence-corrected chi connectivity index (χ1v) is 10.7. The molecule has 3 N–H and O–H groups in total. The Bertz CT molecular complexity index is 918. The van der Waals surface area contributed by atoms with Gasteiger partial charge in [0, 0.05) is 12.7 Å². The Hall–Kier alpha value is -2.38. The number of para-hydroxylation sites is 1. The van der Waals surface area contributed by atoms with E-state index >= 15 is 0 Å². The third-order valence-electron chi connectivity index (χ3n) is 6.56. The second-order valence-corrected chi connectivity index (χ2v) is 8.72. The normalized spacial score (nSPS) is 28.8. The molecule has 3 aliphatic rings. The standard InChI is InChI=1S/C22H28N4O3/c27-21-10-19(25-26(21)17-4-2-1-3-5-17)22(28)24-18-8-15-11-23-12-16(15)9-20(18)29-13-14-6-7-14/h1-5,10,14-16,18,20,23,25H,6-9,11-13H2,(H,24,28)/t15-,16+,18-,20-/m0/s1. The Morgan fingerprint density at radius 2 is 1.90 bits per heavy atom. The van der Waals surface area contributed by atoms with Crippen molar-refractivity contribution in [3.05, 3.63) is 52.4 Å². The van der Waals surface area contributed by atoms with Crippen molar-refractivity contribution in [3.63, 3.8) is 0 Å². The Kier molecular flexibility index (Phi) is 5.01. The highest BCUT2D eigenvalue weighted by Crippen LogP contribution is 2.36. The van der Waals surface area contributed by atoms with E-state index < -0.39 is 0 Å². The van der Waals surface area contributed by atoms with Gasteiger partial charge in [-0.25, -0.2) is 4.68 Å². The molecule has 1 saturated heterocycles. The van der Waals surface area contributed by atoms with Crippen LogP contribution in [0.3, 0.4) is 0 Å². The minimum atomic E-state index is -0.244. The topological polar surface area (TPSA) is 88.2 Å². The lowest BCUT2D eigenvalue weighted by molar-refractivity contribution is -0.0212. The Morgan fingerprint density at radius 1 is 1.14 bits per heavy atom. The summed E-state index contributed by atoms with van der Waals surface area (Å²) < 4.78 is 7.64. The lowest BCUT2D eigenvalue weighted by Crippen LogP contribution is -2.50. The van der Waals surface area contributed by atoms with Gasteiger partial charge in [0.2, 0.25) is 0 Å². The second kappa shape index (κ2) is 7.80. The molecule has 7 heteroatoms. The van der Waals surface area contributed by atoms with E-state index in [9.17, 15) is 9.59 Å². The summed E-state index contributed by atoms with van der Waals surface area (Å²) in [5.74, 6) is 1.66. The average Bonchev–Trinajstić information content (AvgIpc) is 3.31. The number of carbonyl (C=O) groups is 1. The van der Waals surface area contributed by atoms with Crippen LogP contribution in [0.25, 0.3) is 5.69 Å². The first-order chi connectivity index (χ1) is 14.2. The molecule has 1 aromatic carbocycles. The molecular formula is C22H28N4O3. The van der Waals surface area contributed by atoms with Gasteiger partial charge in [0.25, 0.3) is 11.5 Å². The van der Waals surface area contributed by atoms with Gasteiger partial charge in [0.05, 0.1) is 17.8 Å². The predicted octanol–water partition coefficient (Wildman–Crippen LogP) is 1.69. The fourth-order valence-electron chi connectivity index (χ4n) is 4.69. The molecule has 154 valence electrons. The van der Waals surface area contributed by atoms with Crippen LogP contribution in [0.1, 0.15) is 36.2 Å². The lowest BCUT2D eigenvalue weighted by atomic mass is 9.77. The van der Waals surface area contributed by atoms with Crippen LogP contribution in [-0.2, 0) is 4.74 Å². The number of amides is 1. The van der Waals surface area contributed by atoms with Crippen molar-refractivity contribution in [1.82, 2.24) is 20.4 Å². The quantitative estimate of drug-likeness (QED) is 0.693. The Balaban J connectivity index is 1.31. The molecule has 3 fully saturated rings. The molecule has 2 heterocycles. The molecule has 2 saturated carbocycles. The molecule has 0 spiro atoms. The molecule has 2 aromatic rings. The van der Waals surface area contributed by atoms with Gasteiger partial charge < -0.3 is 15.4 Å². The molecular weight excluding hydrogens is 368 g/mol. The van der Waals surface area contributed by atoms with Gasteiger partial charge >= 0.3 is 0 Å². The first-order valence-electron chi connectivity index (χ1n) is 10.7. The molecule has 2 aliphatic carbocycles. The van der Waals surface area contributed by atoms with E-state index in [0.29, 0.717) is 23.4 Å². The predicted molar refractivity (Wildman–Crippen MR) is 109 cm³/mol. The molecule has 29 heavy (non-hydrogen) atoms. The van der Waals surface area contributed by atoms with E-state index in [1.54, 1.807) is 0 Å². The zero-order valence-electron chi connectivity index (χ0n) is 16.5. The number of carbonyl (C=O) groups excluding carboxylic acids is 1. The van der Waals surface area contributed by atoms with Crippen LogP contribution in [0.15, 0.2) is 41.2 Å². The largest absolute Gasteiger partial charge is 0.376 e. The van der Waals surface area contributed by atoms with Crippen LogP contribution < -0.4 is 16.2 Å². The fraction of sp³-hybridized carbons (Fsp3) is 0.545. The van der Waals surface area contributed by atoms with Gasteiger partial charge in [0.1, 0.15) is 5.69 Å². The minimum Gasteiger partial charge on any atom is -0.376 e. The third-order valence-corrected chi connectivity index (χ3v) is 6.56. The van der Waals surface area contributed by atoms with Gasteiger partial charge in [-0.3, -0.25) is 14.7 Å². The number of fused-ring (bicyclic) bond motifs is 1. The maximum Gasteiger partial charge on any atom is 0.271 e. The maximum atomic E-state index is 12.9. The highest BCUT2D eigenvalue weighted by atomic mass is 16.5.